The van der Waals surface area contributed by atoms with Crippen molar-refractivity contribution in [2.45, 2.75) is 117 Å². The summed E-state index contributed by atoms with van der Waals surface area (Å²) in [5.74, 6) is -0.959. The standard InChI is InChI=1S/C24H40O3/c1-3-4-5-6-7-8-9-10-11-12-13-14-15-16-17-18-21-19-22(25)20(2)23(26)24(21)27/h19,26H,3-18H2,1-2H3. The fraction of sp³-hybridized carbons (Fsp3) is 0.750. The molecule has 3 nitrogen and oxygen atoms in total. The van der Waals surface area contributed by atoms with Gasteiger partial charge in [-0.2, -0.15) is 0 Å². The monoisotopic (exact) mass is 376 g/mol. The van der Waals surface area contributed by atoms with Gasteiger partial charge in [0.05, 0.1) is 0 Å². The molecule has 0 amide bonds. The van der Waals surface area contributed by atoms with Crippen molar-refractivity contribution < 1.29 is 14.7 Å². The first-order valence-corrected chi connectivity index (χ1v) is 11.3. The molecule has 0 radical (unpaired) electrons. The van der Waals surface area contributed by atoms with Crippen molar-refractivity contribution in [3.63, 3.8) is 0 Å². The minimum absolute atomic E-state index is 0.167. The van der Waals surface area contributed by atoms with Crippen molar-refractivity contribution in [3.8, 4) is 0 Å². The lowest BCUT2D eigenvalue weighted by Crippen LogP contribution is -2.17. The number of carbonyl (C=O) groups excluding carboxylic acids is 2. The highest BCUT2D eigenvalue weighted by molar-refractivity contribution is 6.21. The van der Waals surface area contributed by atoms with Crippen molar-refractivity contribution in [1.82, 2.24) is 0 Å². The Labute approximate surface area is 166 Å². The maximum atomic E-state index is 11.9. The summed E-state index contributed by atoms with van der Waals surface area (Å²) in [5.41, 5.74) is 0.637. The lowest BCUT2D eigenvalue weighted by atomic mass is 9.92. The molecule has 0 saturated carbocycles. The van der Waals surface area contributed by atoms with Crippen LogP contribution in [0.1, 0.15) is 117 Å². The lowest BCUT2D eigenvalue weighted by Gasteiger charge is -2.12. The summed E-state index contributed by atoms with van der Waals surface area (Å²) >= 11 is 0. The molecule has 0 aliphatic heterocycles. The van der Waals surface area contributed by atoms with E-state index in [0.29, 0.717) is 12.0 Å². The largest absolute Gasteiger partial charge is 0.504 e. The molecular formula is C24H40O3. The number of Topliss-reactive ketones (excluding diaryl/α,β-unsaturated/α-hetero) is 1. The molecule has 27 heavy (non-hydrogen) atoms. The van der Waals surface area contributed by atoms with E-state index in [1.54, 1.807) is 0 Å². The first-order chi connectivity index (χ1) is 13.1. The van der Waals surface area contributed by atoms with Crippen LogP contribution >= 0.6 is 0 Å². The average Bonchev–Trinajstić information content (AvgIpc) is 2.67. The Morgan fingerprint density at radius 1 is 0.704 bits per heavy atom. The number of hydrogen-bond donors (Lipinski definition) is 1. The van der Waals surface area contributed by atoms with Gasteiger partial charge in [0, 0.05) is 11.1 Å². The molecule has 0 heterocycles. The second kappa shape index (κ2) is 14.6. The second-order valence-corrected chi connectivity index (χ2v) is 8.04. The van der Waals surface area contributed by atoms with Crippen molar-refractivity contribution in [1.29, 1.82) is 0 Å². The van der Waals surface area contributed by atoms with Crippen LogP contribution in [0, 0.1) is 0 Å². The molecule has 1 aliphatic rings. The number of hydrogen-bond acceptors (Lipinski definition) is 3. The van der Waals surface area contributed by atoms with E-state index in [4.69, 9.17) is 0 Å². The fourth-order valence-corrected chi connectivity index (χ4v) is 3.64. The van der Waals surface area contributed by atoms with Crippen LogP contribution in [-0.2, 0) is 9.59 Å². The van der Waals surface area contributed by atoms with Gasteiger partial charge in [0.1, 0.15) is 0 Å². The Bertz CT molecular complexity index is 514. The van der Waals surface area contributed by atoms with Crippen molar-refractivity contribution in [2.24, 2.45) is 0 Å². The van der Waals surface area contributed by atoms with E-state index >= 15 is 0 Å². The molecule has 154 valence electrons. The molecule has 0 atom stereocenters. The minimum Gasteiger partial charge on any atom is -0.504 e. The highest BCUT2D eigenvalue weighted by atomic mass is 16.3. The topological polar surface area (TPSA) is 54.4 Å². The third-order valence-corrected chi connectivity index (χ3v) is 5.59. The summed E-state index contributed by atoms with van der Waals surface area (Å²) in [7, 11) is 0. The van der Waals surface area contributed by atoms with E-state index in [1.807, 2.05) is 0 Å². The number of carbonyl (C=O) groups is 2. The lowest BCUT2D eigenvalue weighted by molar-refractivity contribution is -0.118. The Morgan fingerprint density at radius 2 is 1.11 bits per heavy atom. The summed E-state index contributed by atoms with van der Waals surface area (Å²) in [5, 5.41) is 9.68. The van der Waals surface area contributed by atoms with Crippen molar-refractivity contribution >= 4 is 11.6 Å². The van der Waals surface area contributed by atoms with E-state index in [9.17, 15) is 14.7 Å². The van der Waals surface area contributed by atoms with E-state index in [0.717, 1.165) is 12.8 Å². The van der Waals surface area contributed by atoms with E-state index in [2.05, 4.69) is 6.92 Å². The first kappa shape index (κ1) is 23.7. The van der Waals surface area contributed by atoms with Crippen LogP contribution in [0.2, 0.25) is 0 Å². The molecule has 0 unspecified atom stereocenters. The molecule has 0 bridgehead atoms. The molecule has 1 rings (SSSR count). The Balaban J connectivity index is 1.91. The molecule has 1 N–H and O–H groups in total. The maximum Gasteiger partial charge on any atom is 0.223 e. The van der Waals surface area contributed by atoms with E-state index in [-0.39, 0.29) is 22.9 Å². The van der Waals surface area contributed by atoms with Crippen LogP contribution in [-0.4, -0.2) is 16.7 Å². The zero-order valence-electron chi connectivity index (χ0n) is 17.7. The Morgan fingerprint density at radius 3 is 1.56 bits per heavy atom. The van der Waals surface area contributed by atoms with Crippen LogP contribution in [0.5, 0.6) is 0 Å². The SMILES string of the molecule is CCCCCCCCCCCCCCCCCC1=CC(=O)C(C)=C(O)C1=O. The molecular weight excluding hydrogens is 336 g/mol. The number of allylic oxidation sites excluding steroid dienone is 3. The zero-order chi connectivity index (χ0) is 19.9. The van der Waals surface area contributed by atoms with E-state index < -0.39 is 0 Å². The highest BCUT2D eigenvalue weighted by Crippen LogP contribution is 2.22. The average molecular weight is 377 g/mol. The molecule has 0 saturated heterocycles. The molecule has 0 aromatic carbocycles. The summed E-state index contributed by atoms with van der Waals surface area (Å²) < 4.78 is 0. The molecule has 1 aliphatic carbocycles. The Hall–Kier alpha value is -1.38. The van der Waals surface area contributed by atoms with Crippen LogP contribution in [0.25, 0.3) is 0 Å². The van der Waals surface area contributed by atoms with Crippen molar-refractivity contribution in [3.05, 3.63) is 23.0 Å². The summed E-state index contributed by atoms with van der Waals surface area (Å²) in [6.07, 6.45) is 21.6. The second-order valence-electron chi connectivity index (χ2n) is 8.04. The predicted octanol–water partition coefficient (Wildman–Crippen LogP) is 7.16. The highest BCUT2D eigenvalue weighted by Gasteiger charge is 2.24. The van der Waals surface area contributed by atoms with Gasteiger partial charge in [-0.3, -0.25) is 9.59 Å². The number of unbranched alkanes of at least 4 members (excludes halogenated alkanes) is 14. The third kappa shape index (κ3) is 9.93. The van der Waals surface area contributed by atoms with Gasteiger partial charge in [0.25, 0.3) is 0 Å². The maximum absolute atomic E-state index is 11.9. The van der Waals surface area contributed by atoms with E-state index in [1.165, 1.54) is 96.5 Å². The van der Waals surface area contributed by atoms with Crippen LogP contribution < -0.4 is 0 Å². The van der Waals surface area contributed by atoms with Crippen LogP contribution in [0.15, 0.2) is 23.0 Å². The normalized spacial score (nSPS) is 14.8. The van der Waals surface area contributed by atoms with Gasteiger partial charge in [-0.05, 0) is 25.8 Å². The number of ketones is 2. The number of aliphatic hydroxyl groups is 1. The Kier molecular flexibility index (Phi) is 12.8. The zero-order valence-corrected chi connectivity index (χ0v) is 17.7. The molecule has 3 heteroatoms. The predicted molar refractivity (Wildman–Crippen MR) is 113 cm³/mol. The van der Waals surface area contributed by atoms with Gasteiger partial charge in [-0.25, -0.2) is 0 Å². The number of rotatable bonds is 16. The van der Waals surface area contributed by atoms with Gasteiger partial charge in [-0.1, -0.05) is 96.8 Å². The molecule has 0 spiro atoms. The first-order valence-electron chi connectivity index (χ1n) is 11.3. The fourth-order valence-electron chi connectivity index (χ4n) is 3.64. The van der Waals surface area contributed by atoms with Gasteiger partial charge in [0.2, 0.25) is 5.78 Å². The summed E-state index contributed by atoms with van der Waals surface area (Å²) in [6.45, 7) is 3.76. The van der Waals surface area contributed by atoms with Crippen molar-refractivity contribution in [2.75, 3.05) is 0 Å². The quantitative estimate of drug-likeness (QED) is 0.230. The summed E-state index contributed by atoms with van der Waals surface area (Å²) in [4.78, 5) is 23.6. The smallest absolute Gasteiger partial charge is 0.223 e. The molecule has 0 aromatic rings. The van der Waals surface area contributed by atoms with Crippen LogP contribution in [0.4, 0.5) is 0 Å². The van der Waals surface area contributed by atoms with Gasteiger partial charge in [0.15, 0.2) is 11.5 Å². The number of aliphatic hydroxyl groups excluding tert-OH is 1. The molecule has 0 aromatic heterocycles. The summed E-state index contributed by atoms with van der Waals surface area (Å²) in [6, 6.07) is 0. The molecule has 0 fully saturated rings. The third-order valence-electron chi connectivity index (χ3n) is 5.59. The van der Waals surface area contributed by atoms with Gasteiger partial charge < -0.3 is 5.11 Å². The van der Waals surface area contributed by atoms with Gasteiger partial charge >= 0.3 is 0 Å². The van der Waals surface area contributed by atoms with Gasteiger partial charge in [-0.15, -0.1) is 0 Å². The minimum atomic E-state index is -0.363. The van der Waals surface area contributed by atoms with Crippen LogP contribution in [0.3, 0.4) is 0 Å².